The fourth-order valence-electron chi connectivity index (χ4n) is 2.03. The number of hydrogen-bond acceptors (Lipinski definition) is 5. The summed E-state index contributed by atoms with van der Waals surface area (Å²) in [6.07, 6.45) is 1.82. The minimum absolute atomic E-state index is 0.0808. The number of aromatic carboxylic acids is 1. The lowest BCUT2D eigenvalue weighted by Crippen LogP contribution is -2.08. The van der Waals surface area contributed by atoms with Crippen molar-refractivity contribution in [3.63, 3.8) is 0 Å². The van der Waals surface area contributed by atoms with Crippen molar-refractivity contribution in [3.05, 3.63) is 39.8 Å². The van der Waals surface area contributed by atoms with Gasteiger partial charge in [-0.2, -0.15) is 0 Å². The molecule has 20 heavy (non-hydrogen) atoms. The summed E-state index contributed by atoms with van der Waals surface area (Å²) in [6.45, 7) is 3.97. The molecule has 0 aliphatic rings. The van der Waals surface area contributed by atoms with E-state index in [2.05, 4.69) is 15.3 Å². The second kappa shape index (κ2) is 4.68. The minimum Gasteiger partial charge on any atom is -0.478 e. The molecule has 2 aromatic heterocycles. The average molecular weight is 288 g/mol. The maximum Gasteiger partial charge on any atom is 0.335 e. The normalized spacial score (nSPS) is 12.7. The summed E-state index contributed by atoms with van der Waals surface area (Å²) in [6, 6.07) is 4.71. The zero-order valence-corrected chi connectivity index (χ0v) is 11.8. The van der Waals surface area contributed by atoms with Crippen LogP contribution in [0.5, 0.6) is 0 Å². The highest BCUT2D eigenvalue weighted by Crippen LogP contribution is 2.25. The molecule has 6 nitrogen and oxygen atoms in total. The van der Waals surface area contributed by atoms with Gasteiger partial charge in [0.1, 0.15) is 16.6 Å². The largest absolute Gasteiger partial charge is 0.478 e. The van der Waals surface area contributed by atoms with Gasteiger partial charge >= 0.3 is 5.97 Å². The van der Waals surface area contributed by atoms with E-state index in [0.717, 1.165) is 9.88 Å². The van der Waals surface area contributed by atoms with Crippen LogP contribution >= 0.6 is 11.3 Å². The number of carboxylic acid groups (broad SMARTS) is 1. The molecule has 0 fully saturated rings. The highest BCUT2D eigenvalue weighted by Gasteiger charge is 2.17. The zero-order valence-electron chi connectivity index (χ0n) is 10.9. The molecule has 0 saturated heterocycles. The van der Waals surface area contributed by atoms with Crippen LogP contribution in [0.25, 0.3) is 11.0 Å². The van der Waals surface area contributed by atoms with Crippen LogP contribution in [-0.2, 0) is 0 Å². The van der Waals surface area contributed by atoms with Gasteiger partial charge < -0.3 is 5.11 Å². The van der Waals surface area contributed by atoms with E-state index in [1.165, 1.54) is 6.07 Å². The third kappa shape index (κ3) is 2.05. The van der Waals surface area contributed by atoms with Gasteiger partial charge in [0.25, 0.3) is 0 Å². The maximum atomic E-state index is 11.1. The fraction of sp³-hybridized carbons (Fsp3) is 0.231. The minimum atomic E-state index is -0.961. The Balaban J connectivity index is 2.11. The fourth-order valence-corrected chi connectivity index (χ4v) is 2.84. The third-order valence-corrected chi connectivity index (χ3v) is 4.16. The van der Waals surface area contributed by atoms with Crippen LogP contribution in [0.1, 0.15) is 33.2 Å². The molecule has 0 amide bonds. The summed E-state index contributed by atoms with van der Waals surface area (Å²) in [5.41, 5.74) is 1.60. The number of carbonyl (C=O) groups is 1. The smallest absolute Gasteiger partial charge is 0.335 e. The molecule has 2 heterocycles. The van der Waals surface area contributed by atoms with Crippen molar-refractivity contribution in [3.8, 4) is 0 Å². The molecule has 0 aliphatic heterocycles. The van der Waals surface area contributed by atoms with Crippen molar-refractivity contribution < 1.29 is 9.90 Å². The first-order chi connectivity index (χ1) is 9.56. The number of thiazole rings is 1. The molecular weight excluding hydrogens is 276 g/mol. The van der Waals surface area contributed by atoms with Crippen molar-refractivity contribution in [1.82, 2.24) is 20.0 Å². The van der Waals surface area contributed by atoms with Gasteiger partial charge in [0.2, 0.25) is 0 Å². The second-order valence-corrected chi connectivity index (χ2v) is 5.79. The Morgan fingerprint density at radius 2 is 2.25 bits per heavy atom. The average Bonchev–Trinajstić information content (AvgIpc) is 3.03. The number of benzene rings is 1. The molecule has 1 unspecified atom stereocenters. The molecule has 0 aliphatic carbocycles. The Kier molecular flexibility index (Phi) is 2.98. The van der Waals surface area contributed by atoms with E-state index in [4.69, 9.17) is 5.11 Å². The molecule has 0 radical (unpaired) electrons. The van der Waals surface area contributed by atoms with E-state index in [1.807, 2.05) is 20.0 Å². The summed E-state index contributed by atoms with van der Waals surface area (Å²) in [7, 11) is 0. The predicted octanol–water partition coefficient (Wildman–Crippen LogP) is 2.50. The zero-order chi connectivity index (χ0) is 14.3. The Bertz CT molecular complexity index is 793. The van der Waals surface area contributed by atoms with E-state index < -0.39 is 5.97 Å². The third-order valence-electron chi connectivity index (χ3n) is 3.08. The van der Waals surface area contributed by atoms with E-state index in [9.17, 15) is 4.79 Å². The van der Waals surface area contributed by atoms with Gasteiger partial charge in [-0.25, -0.2) is 14.5 Å². The Labute approximate surface area is 118 Å². The highest BCUT2D eigenvalue weighted by molar-refractivity contribution is 7.11. The summed E-state index contributed by atoms with van der Waals surface area (Å²) >= 11 is 1.60. The van der Waals surface area contributed by atoms with Gasteiger partial charge in [-0.3, -0.25) is 0 Å². The van der Waals surface area contributed by atoms with Crippen LogP contribution in [0.3, 0.4) is 0 Å². The van der Waals surface area contributed by atoms with Crippen molar-refractivity contribution in [2.75, 3.05) is 0 Å². The van der Waals surface area contributed by atoms with Crippen molar-refractivity contribution in [2.45, 2.75) is 19.9 Å². The lowest BCUT2D eigenvalue weighted by atomic mass is 10.2. The molecule has 1 aromatic carbocycles. The molecule has 0 bridgehead atoms. The van der Waals surface area contributed by atoms with Crippen LogP contribution in [-0.4, -0.2) is 31.1 Å². The molecular formula is C13H12N4O2S. The second-order valence-electron chi connectivity index (χ2n) is 4.53. The van der Waals surface area contributed by atoms with Crippen LogP contribution in [0.2, 0.25) is 0 Å². The van der Waals surface area contributed by atoms with Crippen LogP contribution in [0, 0.1) is 6.92 Å². The number of aromatic nitrogens is 4. The van der Waals surface area contributed by atoms with Gasteiger partial charge in [-0.05, 0) is 32.0 Å². The SMILES string of the molecule is Cc1cnc(C(C)n2nnc3ccc(C(=O)O)cc32)s1. The van der Waals surface area contributed by atoms with Crippen molar-refractivity contribution in [2.24, 2.45) is 0 Å². The molecule has 3 rings (SSSR count). The van der Waals surface area contributed by atoms with Gasteiger partial charge in [-0.15, -0.1) is 16.4 Å². The van der Waals surface area contributed by atoms with Crippen LogP contribution < -0.4 is 0 Å². The maximum absolute atomic E-state index is 11.1. The summed E-state index contributed by atoms with van der Waals surface area (Å²) < 4.78 is 1.71. The van der Waals surface area contributed by atoms with Gasteiger partial charge in [-0.1, -0.05) is 5.21 Å². The molecule has 0 saturated carbocycles. The number of nitrogens with zero attached hydrogens (tertiary/aromatic N) is 4. The lowest BCUT2D eigenvalue weighted by molar-refractivity contribution is 0.0697. The van der Waals surface area contributed by atoms with E-state index in [1.54, 1.807) is 28.2 Å². The topological polar surface area (TPSA) is 80.9 Å². The van der Waals surface area contributed by atoms with E-state index in [0.29, 0.717) is 11.0 Å². The molecule has 3 aromatic rings. The van der Waals surface area contributed by atoms with Gasteiger partial charge in [0.15, 0.2) is 0 Å². The summed E-state index contributed by atoms with van der Waals surface area (Å²) in [5.74, 6) is -0.961. The first-order valence-electron chi connectivity index (χ1n) is 6.07. The number of carboxylic acids is 1. The van der Waals surface area contributed by atoms with Crippen molar-refractivity contribution >= 4 is 28.3 Å². The first-order valence-corrected chi connectivity index (χ1v) is 6.88. The highest BCUT2D eigenvalue weighted by atomic mass is 32.1. The monoisotopic (exact) mass is 288 g/mol. The van der Waals surface area contributed by atoms with Crippen molar-refractivity contribution in [1.29, 1.82) is 0 Å². The van der Waals surface area contributed by atoms with Gasteiger partial charge in [0, 0.05) is 11.1 Å². The van der Waals surface area contributed by atoms with E-state index in [-0.39, 0.29) is 11.6 Å². The molecule has 7 heteroatoms. The summed E-state index contributed by atoms with van der Waals surface area (Å²) in [4.78, 5) is 16.5. The molecule has 102 valence electrons. The molecule has 1 N–H and O–H groups in total. The molecule has 0 spiro atoms. The van der Waals surface area contributed by atoms with Crippen LogP contribution in [0.4, 0.5) is 0 Å². The quantitative estimate of drug-likeness (QED) is 0.801. The number of hydrogen-bond donors (Lipinski definition) is 1. The Hall–Kier alpha value is -2.28. The van der Waals surface area contributed by atoms with E-state index >= 15 is 0 Å². The summed E-state index contributed by atoms with van der Waals surface area (Å²) in [5, 5.41) is 18.2. The molecule has 1 atom stereocenters. The predicted molar refractivity (Wildman–Crippen MR) is 75.2 cm³/mol. The van der Waals surface area contributed by atoms with Gasteiger partial charge in [0.05, 0.1) is 11.1 Å². The number of aryl methyl sites for hydroxylation is 1. The number of rotatable bonds is 3. The van der Waals surface area contributed by atoms with Crippen LogP contribution in [0.15, 0.2) is 24.4 Å². The Morgan fingerprint density at radius 3 is 2.90 bits per heavy atom. The standard InChI is InChI=1S/C13H12N4O2S/c1-7-6-14-12(20-7)8(2)17-11-5-9(13(18)19)3-4-10(11)15-16-17/h3-6,8H,1-2H3,(H,18,19). The number of fused-ring (bicyclic) bond motifs is 1. The first kappa shape index (κ1) is 12.7. The Morgan fingerprint density at radius 1 is 1.45 bits per heavy atom. The lowest BCUT2D eigenvalue weighted by Gasteiger charge is -2.09.